The molecule has 9 nitrogen and oxygen atoms in total. The van der Waals surface area contributed by atoms with Crippen molar-refractivity contribution in [1.29, 1.82) is 0 Å². The Morgan fingerprint density at radius 1 is 1.00 bits per heavy atom. The molecule has 5 rings (SSSR count). The molecule has 4 aromatic rings. The van der Waals surface area contributed by atoms with Crippen molar-refractivity contribution in [2.24, 2.45) is 0 Å². The second kappa shape index (κ2) is 12.6. The number of aromatic amines is 1. The summed E-state index contributed by atoms with van der Waals surface area (Å²) in [5.74, 6) is -0.595. The normalized spacial score (nSPS) is 14.7. The number of fused-ring (bicyclic) bond motifs is 1. The van der Waals surface area contributed by atoms with E-state index in [2.05, 4.69) is 32.2 Å². The SMILES string of the molecule is CC(C)N(C[C@@H](C(=O)N1CCN(c2c(-c3ccccc3)cnc3[nH]ncc23)CC1)c1ccc(Cl)cc1)C(=O)OC(C)(C)C. The molecule has 43 heavy (non-hydrogen) atoms. The van der Waals surface area contributed by atoms with Crippen LogP contribution in [0, 0.1) is 0 Å². The van der Waals surface area contributed by atoms with Gasteiger partial charge in [-0.25, -0.2) is 9.78 Å². The van der Waals surface area contributed by atoms with Crippen molar-refractivity contribution in [2.75, 3.05) is 37.6 Å². The lowest BCUT2D eigenvalue weighted by Gasteiger charge is -2.39. The summed E-state index contributed by atoms with van der Waals surface area (Å²) in [5, 5.41) is 8.77. The van der Waals surface area contributed by atoms with Gasteiger partial charge in [-0.05, 0) is 57.9 Å². The molecule has 0 radical (unpaired) electrons. The summed E-state index contributed by atoms with van der Waals surface area (Å²) < 4.78 is 5.70. The van der Waals surface area contributed by atoms with Crippen LogP contribution in [0.1, 0.15) is 46.1 Å². The number of anilines is 1. The smallest absolute Gasteiger partial charge is 0.410 e. The Morgan fingerprint density at radius 3 is 2.30 bits per heavy atom. The number of carbonyl (C=O) groups is 2. The molecule has 1 aliphatic heterocycles. The molecule has 0 saturated carbocycles. The van der Waals surface area contributed by atoms with Crippen LogP contribution in [0.15, 0.2) is 67.0 Å². The minimum absolute atomic E-state index is 0.0253. The molecular formula is C33H39ClN6O3. The third-order valence-corrected chi connectivity index (χ3v) is 7.90. The first-order valence-corrected chi connectivity index (χ1v) is 15.1. The average Bonchev–Trinajstić information content (AvgIpc) is 3.46. The van der Waals surface area contributed by atoms with E-state index in [1.54, 1.807) is 17.0 Å². The lowest BCUT2D eigenvalue weighted by Crippen LogP contribution is -2.52. The topological polar surface area (TPSA) is 94.7 Å². The molecule has 2 aromatic heterocycles. The highest BCUT2D eigenvalue weighted by molar-refractivity contribution is 6.30. The van der Waals surface area contributed by atoms with Crippen molar-refractivity contribution in [2.45, 2.75) is 52.2 Å². The van der Waals surface area contributed by atoms with Gasteiger partial charge in [-0.1, -0.05) is 54.1 Å². The van der Waals surface area contributed by atoms with Crippen molar-refractivity contribution >= 4 is 40.3 Å². The van der Waals surface area contributed by atoms with Crippen LogP contribution in [0.5, 0.6) is 0 Å². The zero-order chi connectivity index (χ0) is 30.7. The number of H-pyrrole nitrogens is 1. The maximum Gasteiger partial charge on any atom is 0.410 e. The molecule has 0 bridgehead atoms. The van der Waals surface area contributed by atoms with Crippen LogP contribution >= 0.6 is 11.6 Å². The molecule has 1 aliphatic rings. The molecule has 2 aromatic carbocycles. The number of pyridine rings is 1. The first-order chi connectivity index (χ1) is 20.5. The summed E-state index contributed by atoms with van der Waals surface area (Å²) in [6, 6.07) is 17.3. The van der Waals surface area contributed by atoms with Gasteiger partial charge in [0.1, 0.15) is 5.60 Å². The Labute approximate surface area is 257 Å². The van der Waals surface area contributed by atoms with Crippen molar-refractivity contribution in [3.8, 4) is 11.1 Å². The molecule has 226 valence electrons. The summed E-state index contributed by atoms with van der Waals surface area (Å²) in [7, 11) is 0. The highest BCUT2D eigenvalue weighted by Gasteiger charge is 2.34. The second-order valence-electron chi connectivity index (χ2n) is 12.2. The van der Waals surface area contributed by atoms with Crippen LogP contribution in [0.4, 0.5) is 10.5 Å². The third kappa shape index (κ3) is 6.94. The van der Waals surface area contributed by atoms with Gasteiger partial charge in [-0.3, -0.25) is 9.89 Å². The summed E-state index contributed by atoms with van der Waals surface area (Å²) >= 11 is 6.19. The molecule has 1 fully saturated rings. The number of hydrogen-bond acceptors (Lipinski definition) is 6. The molecule has 0 unspecified atom stereocenters. The van der Waals surface area contributed by atoms with Crippen LogP contribution in [-0.4, -0.2) is 81.3 Å². The van der Waals surface area contributed by atoms with E-state index in [1.165, 1.54) is 0 Å². The van der Waals surface area contributed by atoms with Gasteiger partial charge in [0.25, 0.3) is 0 Å². The van der Waals surface area contributed by atoms with Crippen LogP contribution < -0.4 is 4.90 Å². The highest BCUT2D eigenvalue weighted by atomic mass is 35.5. The number of nitrogens with zero attached hydrogens (tertiary/aromatic N) is 5. The Morgan fingerprint density at radius 2 is 1.67 bits per heavy atom. The number of nitrogens with one attached hydrogen (secondary N) is 1. The fourth-order valence-corrected chi connectivity index (χ4v) is 5.59. The number of amides is 2. The molecular weight excluding hydrogens is 564 g/mol. The molecule has 0 aliphatic carbocycles. The molecule has 10 heteroatoms. The van der Waals surface area contributed by atoms with Crippen molar-refractivity contribution in [3.05, 3.63) is 77.6 Å². The van der Waals surface area contributed by atoms with Gasteiger partial charge < -0.3 is 19.4 Å². The van der Waals surface area contributed by atoms with E-state index in [0.29, 0.717) is 31.2 Å². The van der Waals surface area contributed by atoms with Gasteiger partial charge >= 0.3 is 6.09 Å². The fourth-order valence-electron chi connectivity index (χ4n) is 5.46. The van der Waals surface area contributed by atoms with E-state index < -0.39 is 17.6 Å². The number of piperazine rings is 1. The maximum atomic E-state index is 14.2. The first-order valence-electron chi connectivity index (χ1n) is 14.7. The van der Waals surface area contributed by atoms with Gasteiger partial charge in [-0.2, -0.15) is 5.10 Å². The van der Waals surface area contributed by atoms with Gasteiger partial charge in [0.2, 0.25) is 5.91 Å². The number of aromatic nitrogens is 3. The Hall–Kier alpha value is -4.11. The van der Waals surface area contributed by atoms with Crippen LogP contribution in [0.25, 0.3) is 22.2 Å². The molecule has 2 amide bonds. The number of benzene rings is 2. The minimum Gasteiger partial charge on any atom is -0.444 e. The van der Waals surface area contributed by atoms with Crippen LogP contribution in [-0.2, 0) is 9.53 Å². The second-order valence-corrected chi connectivity index (χ2v) is 12.6. The van der Waals surface area contributed by atoms with Crippen molar-refractivity contribution in [1.82, 2.24) is 25.0 Å². The minimum atomic E-state index is -0.647. The van der Waals surface area contributed by atoms with E-state index in [4.69, 9.17) is 16.3 Å². The lowest BCUT2D eigenvalue weighted by molar-refractivity contribution is -0.133. The van der Waals surface area contributed by atoms with Crippen LogP contribution in [0.3, 0.4) is 0 Å². The van der Waals surface area contributed by atoms with Crippen molar-refractivity contribution in [3.63, 3.8) is 0 Å². The molecule has 1 atom stereocenters. The van der Waals surface area contributed by atoms with Crippen molar-refractivity contribution < 1.29 is 14.3 Å². The van der Waals surface area contributed by atoms with Crippen LogP contribution in [0.2, 0.25) is 5.02 Å². The van der Waals surface area contributed by atoms with Gasteiger partial charge in [0.05, 0.1) is 23.2 Å². The zero-order valence-electron chi connectivity index (χ0n) is 25.4. The lowest BCUT2D eigenvalue weighted by atomic mass is 9.95. The zero-order valence-corrected chi connectivity index (χ0v) is 26.1. The summed E-state index contributed by atoms with van der Waals surface area (Å²) in [6.07, 6.45) is 3.26. The molecule has 3 heterocycles. The standard InChI is InChI=1S/C33H39ClN6O3/c1-22(2)40(32(42)43-33(3,4)5)21-28(24-11-13-25(34)14-12-24)31(41)39-17-15-38(16-18-39)29-26(23-9-7-6-8-10-23)19-35-30-27(29)20-36-37-30/h6-14,19-20,22,28H,15-18,21H2,1-5H3,(H,35,36,37)/t28-/m1/s1. The number of carbonyl (C=O) groups excluding carboxylic acids is 2. The predicted octanol–water partition coefficient (Wildman–Crippen LogP) is 6.36. The van der Waals surface area contributed by atoms with E-state index in [9.17, 15) is 9.59 Å². The van der Waals surface area contributed by atoms with E-state index >= 15 is 0 Å². The summed E-state index contributed by atoms with van der Waals surface area (Å²) in [4.78, 5) is 37.9. The molecule has 1 N–H and O–H groups in total. The van der Waals surface area contributed by atoms with Gasteiger partial charge in [-0.15, -0.1) is 0 Å². The maximum absolute atomic E-state index is 14.2. The van der Waals surface area contributed by atoms with E-state index in [0.717, 1.165) is 33.4 Å². The van der Waals surface area contributed by atoms with Gasteiger partial charge in [0.15, 0.2) is 5.65 Å². The number of rotatable bonds is 7. The quantitative estimate of drug-likeness (QED) is 0.265. The fraction of sp³-hybridized carbons (Fsp3) is 0.394. The summed E-state index contributed by atoms with van der Waals surface area (Å²) in [5.41, 5.74) is 4.05. The molecule has 1 saturated heterocycles. The highest BCUT2D eigenvalue weighted by Crippen LogP contribution is 2.36. The first kappa shape index (κ1) is 30.4. The monoisotopic (exact) mass is 602 g/mol. The summed E-state index contributed by atoms with van der Waals surface area (Å²) in [6.45, 7) is 11.9. The van der Waals surface area contributed by atoms with E-state index in [-0.39, 0.29) is 18.5 Å². The Bertz CT molecular complexity index is 1560. The van der Waals surface area contributed by atoms with Gasteiger partial charge in [0, 0.05) is 55.5 Å². The average molecular weight is 603 g/mol. The largest absolute Gasteiger partial charge is 0.444 e. The number of ether oxygens (including phenoxy) is 1. The number of halogens is 1. The Balaban J connectivity index is 1.39. The Kier molecular flexibility index (Phi) is 8.92. The number of hydrogen-bond donors (Lipinski definition) is 1. The predicted molar refractivity (Wildman–Crippen MR) is 170 cm³/mol. The molecule has 0 spiro atoms. The van der Waals surface area contributed by atoms with E-state index in [1.807, 2.05) is 82.2 Å². The third-order valence-electron chi connectivity index (χ3n) is 7.65.